The molecule has 2 rings (SSSR count). The molecule has 2 aliphatic heterocycles. The molecule has 0 bridgehead atoms. The number of carbonyl (C=O) groups is 2. The molecule has 1 unspecified atom stereocenters. The van der Waals surface area contributed by atoms with E-state index in [0.29, 0.717) is 19.6 Å². The molecule has 152 valence electrons. The van der Waals surface area contributed by atoms with Crippen LogP contribution in [0.3, 0.4) is 0 Å². The molecule has 0 amide bonds. The summed E-state index contributed by atoms with van der Waals surface area (Å²) < 4.78 is 22.0. The van der Waals surface area contributed by atoms with Crippen LogP contribution < -0.4 is 0 Å². The van der Waals surface area contributed by atoms with E-state index >= 15 is 0 Å². The normalized spacial score (nSPS) is 21.7. The Morgan fingerprint density at radius 1 is 1.26 bits per heavy atom. The molecular weight excluding hydrogens is 388 g/mol. The van der Waals surface area contributed by atoms with Gasteiger partial charge in [-0.1, -0.05) is 12.7 Å². The van der Waals surface area contributed by atoms with Gasteiger partial charge in [0.25, 0.3) is 0 Å². The first kappa shape index (κ1) is 22.5. The Labute approximate surface area is 169 Å². The van der Waals surface area contributed by atoms with Crippen molar-refractivity contribution in [2.75, 3.05) is 38.4 Å². The van der Waals surface area contributed by atoms with Gasteiger partial charge in [-0.05, 0) is 37.3 Å². The van der Waals surface area contributed by atoms with E-state index in [9.17, 15) is 9.59 Å². The summed E-state index contributed by atoms with van der Waals surface area (Å²) in [5.41, 5.74) is 0.241. The zero-order chi connectivity index (χ0) is 19.7. The number of ketones is 1. The van der Waals surface area contributed by atoms with E-state index in [2.05, 4.69) is 6.58 Å². The third-order valence-corrected chi connectivity index (χ3v) is 7.65. The van der Waals surface area contributed by atoms with Crippen molar-refractivity contribution in [3.63, 3.8) is 0 Å². The first-order chi connectivity index (χ1) is 13.0. The van der Waals surface area contributed by atoms with Crippen molar-refractivity contribution in [1.82, 2.24) is 0 Å². The molecule has 2 aliphatic rings. The van der Waals surface area contributed by atoms with Gasteiger partial charge >= 0.3 is 5.97 Å². The maximum atomic E-state index is 11.6. The Kier molecular flexibility index (Phi) is 9.38. The van der Waals surface area contributed by atoms with Crippen LogP contribution >= 0.6 is 23.5 Å². The zero-order valence-corrected chi connectivity index (χ0v) is 17.6. The van der Waals surface area contributed by atoms with Crippen LogP contribution in [-0.4, -0.2) is 66.7 Å². The van der Waals surface area contributed by atoms with Crippen molar-refractivity contribution in [3.8, 4) is 0 Å². The summed E-state index contributed by atoms with van der Waals surface area (Å²) >= 11 is 3.60. The lowest BCUT2D eigenvalue weighted by molar-refractivity contribution is -0.184. The molecule has 0 aromatic heterocycles. The maximum absolute atomic E-state index is 11.6. The second kappa shape index (κ2) is 11.3. The summed E-state index contributed by atoms with van der Waals surface area (Å²) in [5, 5.41) is 0. The average molecular weight is 417 g/mol. The van der Waals surface area contributed by atoms with Crippen molar-refractivity contribution in [2.45, 2.75) is 42.7 Å². The fraction of sp³-hybridized carbons (Fsp3) is 0.684. The van der Waals surface area contributed by atoms with Crippen molar-refractivity contribution < 1.29 is 28.5 Å². The van der Waals surface area contributed by atoms with E-state index in [1.165, 1.54) is 20.1 Å². The Bertz CT molecular complexity index is 550. The Morgan fingerprint density at radius 3 is 2.52 bits per heavy atom. The van der Waals surface area contributed by atoms with Gasteiger partial charge in [0, 0.05) is 6.42 Å². The zero-order valence-electron chi connectivity index (χ0n) is 15.9. The fourth-order valence-electron chi connectivity index (χ4n) is 2.82. The predicted octanol–water partition coefficient (Wildman–Crippen LogP) is 2.97. The van der Waals surface area contributed by atoms with Crippen LogP contribution in [0.2, 0.25) is 0 Å². The van der Waals surface area contributed by atoms with E-state index in [1.807, 2.05) is 0 Å². The van der Waals surface area contributed by atoms with Crippen LogP contribution in [0.5, 0.6) is 0 Å². The highest BCUT2D eigenvalue weighted by atomic mass is 32.2. The monoisotopic (exact) mass is 416 g/mol. The van der Waals surface area contributed by atoms with Crippen LogP contribution in [0.15, 0.2) is 24.3 Å². The molecule has 2 fully saturated rings. The minimum atomic E-state index is -0.499. The van der Waals surface area contributed by atoms with Gasteiger partial charge < -0.3 is 18.9 Å². The number of carbonyl (C=O) groups excluding carboxylic acids is 2. The topological polar surface area (TPSA) is 71.1 Å². The smallest absolute Gasteiger partial charge is 0.335 e. The molecule has 2 saturated heterocycles. The van der Waals surface area contributed by atoms with Crippen LogP contribution in [0.1, 0.15) is 26.2 Å². The number of allylic oxidation sites excluding steroid dienone is 1. The quantitative estimate of drug-likeness (QED) is 0.420. The molecule has 0 saturated carbocycles. The van der Waals surface area contributed by atoms with E-state index < -0.39 is 12.1 Å². The molecule has 0 spiro atoms. The fourth-order valence-corrected chi connectivity index (χ4v) is 6.24. The van der Waals surface area contributed by atoms with Gasteiger partial charge in [0.15, 0.2) is 12.1 Å². The third-order valence-electron chi connectivity index (χ3n) is 4.18. The van der Waals surface area contributed by atoms with Crippen LogP contribution in [0.4, 0.5) is 0 Å². The number of ether oxygens (including phenoxy) is 4. The molecule has 0 N–H and O–H groups in total. The van der Waals surface area contributed by atoms with Gasteiger partial charge in [0.05, 0.1) is 36.6 Å². The molecule has 0 aromatic rings. The molecular formula is C19H28O6S2. The molecule has 2 heterocycles. The van der Waals surface area contributed by atoms with Crippen LogP contribution in [0, 0.1) is 0 Å². The summed E-state index contributed by atoms with van der Waals surface area (Å²) in [4.78, 5) is 23.2. The van der Waals surface area contributed by atoms with E-state index in [4.69, 9.17) is 18.9 Å². The van der Waals surface area contributed by atoms with Gasteiger partial charge in [-0.25, -0.2) is 4.79 Å². The SMILES string of the molecule is C=C(COC(/C=C/C(C)=O)C1(CC2OCCCO2)SCCCS1)C(=O)OC. The summed E-state index contributed by atoms with van der Waals surface area (Å²) in [5.74, 6) is 1.43. The number of hydrogen-bond acceptors (Lipinski definition) is 8. The van der Waals surface area contributed by atoms with E-state index in [1.54, 1.807) is 29.6 Å². The average Bonchev–Trinajstić information content (AvgIpc) is 2.68. The highest BCUT2D eigenvalue weighted by molar-refractivity contribution is 8.18. The lowest BCUT2D eigenvalue weighted by Crippen LogP contribution is -2.44. The van der Waals surface area contributed by atoms with Crippen LogP contribution in [0.25, 0.3) is 0 Å². The largest absolute Gasteiger partial charge is 0.466 e. The molecule has 8 heteroatoms. The Hall–Kier alpha value is -0.800. The first-order valence-corrected chi connectivity index (χ1v) is 11.0. The highest BCUT2D eigenvalue weighted by Gasteiger charge is 2.44. The Balaban J connectivity index is 2.18. The summed E-state index contributed by atoms with van der Waals surface area (Å²) in [6, 6.07) is 0. The number of esters is 1. The second-order valence-corrected chi connectivity index (χ2v) is 9.50. The molecule has 0 radical (unpaired) electrons. The van der Waals surface area contributed by atoms with Crippen molar-refractivity contribution >= 4 is 35.3 Å². The number of hydrogen-bond donors (Lipinski definition) is 0. The lowest BCUT2D eigenvalue weighted by Gasteiger charge is -2.43. The van der Waals surface area contributed by atoms with Gasteiger partial charge in [-0.3, -0.25) is 4.79 Å². The van der Waals surface area contributed by atoms with E-state index in [-0.39, 0.29) is 28.3 Å². The summed E-state index contributed by atoms with van der Waals surface area (Å²) in [6.45, 7) is 6.63. The summed E-state index contributed by atoms with van der Waals surface area (Å²) in [6.07, 6.45) is 5.26. The van der Waals surface area contributed by atoms with Crippen LogP contribution in [-0.2, 0) is 28.5 Å². The standard InChI is InChI=1S/C19H28O6S2/c1-14(18(21)22-3)13-25-16(7-6-15(2)20)19(26-10-5-11-27-19)12-17-23-8-4-9-24-17/h6-7,16-17H,1,4-5,8-13H2,2-3H3/b7-6+. The number of thioether (sulfide) groups is 2. The summed E-state index contributed by atoms with van der Waals surface area (Å²) in [7, 11) is 1.31. The second-order valence-electron chi connectivity index (χ2n) is 6.39. The molecule has 1 atom stereocenters. The predicted molar refractivity (Wildman–Crippen MR) is 108 cm³/mol. The molecule has 0 aromatic carbocycles. The van der Waals surface area contributed by atoms with Gasteiger partial charge in [0.1, 0.15) is 6.10 Å². The van der Waals surface area contributed by atoms with E-state index in [0.717, 1.165) is 24.3 Å². The molecule has 27 heavy (non-hydrogen) atoms. The van der Waals surface area contributed by atoms with Gasteiger partial charge in [-0.2, -0.15) is 0 Å². The minimum absolute atomic E-state index is 0.0365. The van der Waals surface area contributed by atoms with Gasteiger partial charge in [0.2, 0.25) is 0 Å². The minimum Gasteiger partial charge on any atom is -0.466 e. The highest BCUT2D eigenvalue weighted by Crippen LogP contribution is 2.50. The third kappa shape index (κ3) is 6.94. The Morgan fingerprint density at radius 2 is 1.93 bits per heavy atom. The van der Waals surface area contributed by atoms with Gasteiger partial charge in [-0.15, -0.1) is 23.5 Å². The van der Waals surface area contributed by atoms with Crippen molar-refractivity contribution in [3.05, 3.63) is 24.3 Å². The maximum Gasteiger partial charge on any atom is 0.335 e. The number of methoxy groups -OCH3 is 1. The van der Waals surface area contributed by atoms with Crippen molar-refractivity contribution in [1.29, 1.82) is 0 Å². The van der Waals surface area contributed by atoms with Crippen molar-refractivity contribution in [2.24, 2.45) is 0 Å². The molecule has 6 nitrogen and oxygen atoms in total. The first-order valence-electron chi connectivity index (χ1n) is 9.04. The lowest BCUT2D eigenvalue weighted by atomic mass is 10.1. The number of rotatable bonds is 9. The molecule has 0 aliphatic carbocycles.